The average Bonchev–Trinajstić information content (AvgIpc) is 2.89. The number of amides is 1. The maximum atomic E-state index is 13.7. The molecule has 0 fully saturated rings. The molecule has 2 aromatic rings. The molecule has 1 aliphatic heterocycles. The van der Waals surface area contributed by atoms with E-state index in [0.717, 1.165) is 17.7 Å². The van der Waals surface area contributed by atoms with Crippen molar-refractivity contribution in [3.05, 3.63) is 52.8 Å². The van der Waals surface area contributed by atoms with Gasteiger partial charge in [0.05, 0.1) is 12.3 Å². The highest BCUT2D eigenvalue weighted by Crippen LogP contribution is 2.38. The molecule has 3 rings (SSSR count). The first-order valence-electron chi connectivity index (χ1n) is 8.01. The normalized spacial score (nSPS) is 15.6. The Labute approximate surface area is 140 Å². The number of aryl methyl sites for hydroxylation is 1. The molecule has 1 atom stereocenters. The van der Waals surface area contributed by atoms with Gasteiger partial charge in [0.1, 0.15) is 23.4 Å². The molecule has 5 heteroatoms. The van der Waals surface area contributed by atoms with Crippen LogP contribution in [0.2, 0.25) is 0 Å². The molecule has 126 valence electrons. The van der Waals surface area contributed by atoms with E-state index < -0.39 is 5.82 Å². The molecule has 0 bridgehead atoms. The summed E-state index contributed by atoms with van der Waals surface area (Å²) in [7, 11) is 0. The number of anilines is 1. The van der Waals surface area contributed by atoms with E-state index in [1.54, 1.807) is 25.1 Å². The van der Waals surface area contributed by atoms with Gasteiger partial charge in [-0.15, -0.1) is 0 Å². The van der Waals surface area contributed by atoms with Crippen LogP contribution in [0.15, 0.2) is 30.3 Å². The maximum Gasteiger partial charge on any atom is 0.255 e. The van der Waals surface area contributed by atoms with Crippen molar-refractivity contribution in [1.82, 2.24) is 0 Å². The Balaban J connectivity index is 1.89. The molecule has 24 heavy (non-hydrogen) atoms. The fourth-order valence-electron chi connectivity index (χ4n) is 2.74. The Morgan fingerprint density at radius 3 is 2.88 bits per heavy atom. The highest BCUT2D eigenvalue weighted by molar-refractivity contribution is 6.05. The lowest BCUT2D eigenvalue weighted by Gasteiger charge is -2.14. The zero-order valence-corrected chi connectivity index (χ0v) is 14.0. The smallest absolute Gasteiger partial charge is 0.255 e. The van der Waals surface area contributed by atoms with Crippen LogP contribution in [0.3, 0.4) is 0 Å². The third kappa shape index (κ3) is 3.20. The highest BCUT2D eigenvalue weighted by atomic mass is 19.1. The third-order valence-corrected chi connectivity index (χ3v) is 3.98. The van der Waals surface area contributed by atoms with Gasteiger partial charge in [-0.1, -0.05) is 6.07 Å². The Morgan fingerprint density at radius 2 is 2.17 bits per heavy atom. The fraction of sp³-hybridized carbons (Fsp3) is 0.316. The second kappa shape index (κ2) is 6.51. The first kappa shape index (κ1) is 16.3. The number of hydrogen-bond acceptors (Lipinski definition) is 3. The summed E-state index contributed by atoms with van der Waals surface area (Å²) in [6.45, 7) is 6.02. The number of nitrogens with one attached hydrogen (secondary N) is 1. The molecule has 0 spiro atoms. The summed E-state index contributed by atoms with van der Waals surface area (Å²) in [4.78, 5) is 12.4. The molecule has 4 nitrogen and oxygen atoms in total. The van der Waals surface area contributed by atoms with Gasteiger partial charge in [0.25, 0.3) is 5.91 Å². The van der Waals surface area contributed by atoms with Crippen LogP contribution in [-0.4, -0.2) is 18.6 Å². The number of halogens is 1. The first-order chi connectivity index (χ1) is 11.5. The van der Waals surface area contributed by atoms with E-state index in [1.165, 1.54) is 6.07 Å². The number of carbonyl (C=O) groups is 1. The number of carbonyl (C=O) groups excluding carboxylic acids is 1. The lowest BCUT2D eigenvalue weighted by Crippen LogP contribution is -2.13. The van der Waals surface area contributed by atoms with Crippen molar-refractivity contribution >= 4 is 11.6 Å². The Hall–Kier alpha value is -2.56. The Kier molecular flexibility index (Phi) is 4.42. The van der Waals surface area contributed by atoms with Crippen molar-refractivity contribution in [3.8, 4) is 11.5 Å². The topological polar surface area (TPSA) is 47.6 Å². The minimum absolute atomic E-state index is 0.103. The van der Waals surface area contributed by atoms with Crippen molar-refractivity contribution in [2.24, 2.45) is 0 Å². The van der Waals surface area contributed by atoms with Gasteiger partial charge in [0.2, 0.25) is 0 Å². The average molecular weight is 329 g/mol. The van der Waals surface area contributed by atoms with Gasteiger partial charge in [0.15, 0.2) is 0 Å². The third-order valence-electron chi connectivity index (χ3n) is 3.98. The monoisotopic (exact) mass is 329 g/mol. The van der Waals surface area contributed by atoms with Crippen molar-refractivity contribution < 1.29 is 18.7 Å². The van der Waals surface area contributed by atoms with Gasteiger partial charge in [0, 0.05) is 23.6 Å². The zero-order chi connectivity index (χ0) is 17.3. The highest BCUT2D eigenvalue weighted by Gasteiger charge is 2.23. The molecule has 0 aromatic heterocycles. The fourth-order valence-corrected chi connectivity index (χ4v) is 2.74. The summed E-state index contributed by atoms with van der Waals surface area (Å²) in [5.41, 5.74) is 2.35. The molecule has 0 aliphatic carbocycles. The van der Waals surface area contributed by atoms with E-state index in [2.05, 4.69) is 5.32 Å². The quantitative estimate of drug-likeness (QED) is 0.918. The van der Waals surface area contributed by atoms with Crippen LogP contribution in [0.4, 0.5) is 10.1 Å². The van der Waals surface area contributed by atoms with Crippen molar-refractivity contribution in [2.75, 3.05) is 11.9 Å². The minimum atomic E-state index is -0.404. The second-order valence-corrected chi connectivity index (χ2v) is 5.94. The lowest BCUT2D eigenvalue weighted by atomic mass is 10.1. The summed E-state index contributed by atoms with van der Waals surface area (Å²) in [5.74, 6) is 0.547. The van der Waals surface area contributed by atoms with E-state index in [0.29, 0.717) is 23.6 Å². The van der Waals surface area contributed by atoms with Crippen molar-refractivity contribution in [1.29, 1.82) is 0 Å². The van der Waals surface area contributed by atoms with Crippen LogP contribution < -0.4 is 14.8 Å². The lowest BCUT2D eigenvalue weighted by molar-refractivity contribution is 0.102. The van der Waals surface area contributed by atoms with Crippen LogP contribution >= 0.6 is 0 Å². The van der Waals surface area contributed by atoms with Crippen LogP contribution in [0.1, 0.15) is 35.3 Å². The van der Waals surface area contributed by atoms with Crippen LogP contribution in [0.5, 0.6) is 11.5 Å². The summed E-state index contributed by atoms with van der Waals surface area (Å²) < 4.78 is 25.0. The Morgan fingerprint density at radius 1 is 1.38 bits per heavy atom. The van der Waals surface area contributed by atoms with E-state index in [4.69, 9.17) is 9.47 Å². The van der Waals surface area contributed by atoms with Gasteiger partial charge >= 0.3 is 0 Å². The molecule has 1 N–H and O–H groups in total. The van der Waals surface area contributed by atoms with Gasteiger partial charge in [-0.3, -0.25) is 4.79 Å². The zero-order valence-electron chi connectivity index (χ0n) is 14.0. The molecule has 1 aliphatic rings. The first-order valence-corrected chi connectivity index (χ1v) is 8.01. The number of rotatable bonds is 4. The molecule has 1 heterocycles. The van der Waals surface area contributed by atoms with Crippen molar-refractivity contribution in [2.45, 2.75) is 33.3 Å². The second-order valence-electron chi connectivity index (χ2n) is 5.94. The molecule has 1 amide bonds. The number of fused-ring (bicyclic) bond motifs is 1. The van der Waals surface area contributed by atoms with Gasteiger partial charge in [-0.25, -0.2) is 4.39 Å². The number of hydrogen-bond donors (Lipinski definition) is 1. The van der Waals surface area contributed by atoms with Crippen molar-refractivity contribution in [3.63, 3.8) is 0 Å². The van der Waals surface area contributed by atoms with Crippen LogP contribution in [-0.2, 0) is 6.42 Å². The predicted octanol–water partition coefficient (Wildman–Crippen LogP) is 4.11. The van der Waals surface area contributed by atoms with Crippen LogP contribution in [0.25, 0.3) is 0 Å². The predicted molar refractivity (Wildman–Crippen MR) is 90.5 cm³/mol. The maximum absolute atomic E-state index is 13.7. The van der Waals surface area contributed by atoms with Crippen LogP contribution in [0, 0.1) is 12.7 Å². The van der Waals surface area contributed by atoms with Gasteiger partial charge in [-0.2, -0.15) is 0 Å². The summed E-state index contributed by atoms with van der Waals surface area (Å²) >= 11 is 0. The van der Waals surface area contributed by atoms with E-state index in [9.17, 15) is 9.18 Å². The number of ether oxygens (including phenoxy) is 2. The minimum Gasteiger partial charge on any atom is -0.492 e. The molecule has 0 unspecified atom stereocenters. The Bertz CT molecular complexity index is 788. The standard InChI is InChI=1S/C19H20FNO3/c1-4-23-18-9-14-7-12(3)24-17(14)10-16(18)21-19(22)13-6-5-11(2)15(20)8-13/h5-6,8-10,12H,4,7H2,1-3H3,(H,21,22)/t12-/m0/s1. The van der Waals surface area contributed by atoms with E-state index in [-0.39, 0.29) is 17.6 Å². The molecule has 0 radical (unpaired) electrons. The molecular formula is C19H20FNO3. The van der Waals surface area contributed by atoms with Gasteiger partial charge in [-0.05, 0) is 44.5 Å². The molecule has 2 aromatic carbocycles. The largest absolute Gasteiger partial charge is 0.492 e. The molecular weight excluding hydrogens is 309 g/mol. The SMILES string of the molecule is CCOc1cc2c(cc1NC(=O)c1ccc(C)c(F)c1)O[C@@H](C)C2. The summed E-state index contributed by atoms with van der Waals surface area (Å²) in [6.07, 6.45) is 0.916. The molecule has 0 saturated carbocycles. The summed E-state index contributed by atoms with van der Waals surface area (Å²) in [5, 5.41) is 2.79. The summed E-state index contributed by atoms with van der Waals surface area (Å²) in [6, 6.07) is 8.08. The van der Waals surface area contributed by atoms with E-state index >= 15 is 0 Å². The number of benzene rings is 2. The molecule has 0 saturated heterocycles. The van der Waals surface area contributed by atoms with E-state index in [1.807, 2.05) is 19.9 Å². The van der Waals surface area contributed by atoms with Gasteiger partial charge < -0.3 is 14.8 Å².